The van der Waals surface area contributed by atoms with Gasteiger partial charge in [0.1, 0.15) is 5.75 Å². The Morgan fingerprint density at radius 1 is 1.03 bits per heavy atom. The van der Waals surface area contributed by atoms with Crippen LogP contribution in [0.3, 0.4) is 0 Å². The molecule has 0 spiro atoms. The van der Waals surface area contributed by atoms with E-state index in [1.54, 1.807) is 0 Å². The first kappa shape index (κ1) is 22.0. The molecular weight excluding hydrogens is 370 g/mol. The molecule has 0 bridgehead atoms. The monoisotopic (exact) mass is 403 g/mol. The molecule has 3 rings (SSSR count). The minimum absolute atomic E-state index is 0.162. The number of allylic oxidation sites excluding steroid dienone is 1. The summed E-state index contributed by atoms with van der Waals surface area (Å²) in [5.74, 6) is 2.11. The zero-order valence-electron chi connectivity index (χ0n) is 18.6. The average molecular weight is 404 g/mol. The molecule has 1 aliphatic carbocycles. The number of hydrogen-bond donors (Lipinski definition) is 0. The fourth-order valence-electron chi connectivity index (χ4n) is 3.88. The van der Waals surface area contributed by atoms with Crippen LogP contribution in [-0.2, 0) is 4.79 Å². The average Bonchev–Trinajstić information content (AvgIpc) is 2.75. The van der Waals surface area contributed by atoms with Gasteiger partial charge in [-0.2, -0.15) is 0 Å². The fourth-order valence-corrected chi connectivity index (χ4v) is 3.88. The zero-order valence-corrected chi connectivity index (χ0v) is 18.6. The van der Waals surface area contributed by atoms with Crippen LogP contribution in [-0.4, -0.2) is 18.6 Å². The van der Waals surface area contributed by atoms with Crippen molar-refractivity contribution in [2.24, 2.45) is 22.7 Å². The van der Waals surface area contributed by atoms with Crippen molar-refractivity contribution in [3.63, 3.8) is 0 Å². The Morgan fingerprint density at radius 2 is 1.70 bits per heavy atom. The van der Waals surface area contributed by atoms with Crippen LogP contribution in [0.1, 0.15) is 58.1 Å². The van der Waals surface area contributed by atoms with E-state index in [0.29, 0.717) is 17.6 Å². The first-order chi connectivity index (χ1) is 14.5. The molecule has 0 aromatic heterocycles. The van der Waals surface area contributed by atoms with Gasteiger partial charge >= 0.3 is 0 Å². The lowest BCUT2D eigenvalue weighted by Gasteiger charge is -2.30. The van der Waals surface area contributed by atoms with Crippen molar-refractivity contribution >= 4 is 23.8 Å². The summed E-state index contributed by atoms with van der Waals surface area (Å²) in [4.78, 5) is 17.5. The highest BCUT2D eigenvalue weighted by Gasteiger charge is 2.32. The number of ketones is 1. The Kier molecular flexibility index (Phi) is 7.62. The molecule has 1 aliphatic rings. The van der Waals surface area contributed by atoms with Crippen LogP contribution in [0, 0.1) is 17.8 Å². The standard InChI is InChI=1S/C27H33NO2/c1-5-16-30-24-13-9-22(10-14-24)18-28-23-11-7-21(8-12-23)17-26-20(4)6-15-25(19(2)3)27(26)29/h7-14,17-20,25H,5-6,15-16H2,1-4H3/b26-17+,28-18?. The van der Waals surface area contributed by atoms with Crippen molar-refractivity contribution in [1.29, 1.82) is 0 Å². The second-order valence-electron chi connectivity index (χ2n) is 8.56. The largest absolute Gasteiger partial charge is 0.494 e. The minimum atomic E-state index is 0.162. The van der Waals surface area contributed by atoms with Crippen LogP contribution in [0.4, 0.5) is 5.69 Å². The summed E-state index contributed by atoms with van der Waals surface area (Å²) in [5.41, 5.74) is 3.96. The van der Waals surface area contributed by atoms with Gasteiger partial charge in [0.15, 0.2) is 5.78 Å². The van der Waals surface area contributed by atoms with Crippen LogP contribution < -0.4 is 4.74 Å². The van der Waals surface area contributed by atoms with Gasteiger partial charge in [0.05, 0.1) is 12.3 Å². The molecule has 30 heavy (non-hydrogen) atoms. The fraction of sp³-hybridized carbons (Fsp3) is 0.407. The lowest BCUT2D eigenvalue weighted by atomic mass is 9.73. The van der Waals surface area contributed by atoms with Crippen LogP contribution in [0.15, 0.2) is 59.1 Å². The molecule has 0 aliphatic heterocycles. The Labute approximate surface area is 180 Å². The second kappa shape index (κ2) is 10.4. The highest BCUT2D eigenvalue weighted by Crippen LogP contribution is 2.35. The van der Waals surface area contributed by atoms with Gasteiger partial charge in [0.2, 0.25) is 0 Å². The predicted octanol–water partition coefficient (Wildman–Crippen LogP) is 6.88. The molecule has 0 N–H and O–H groups in total. The van der Waals surface area contributed by atoms with E-state index in [-0.39, 0.29) is 5.92 Å². The van der Waals surface area contributed by atoms with Gasteiger partial charge in [-0.3, -0.25) is 9.79 Å². The first-order valence-corrected chi connectivity index (χ1v) is 11.1. The highest BCUT2D eigenvalue weighted by atomic mass is 16.5. The van der Waals surface area contributed by atoms with Gasteiger partial charge in [-0.25, -0.2) is 0 Å². The third-order valence-corrected chi connectivity index (χ3v) is 5.80. The number of Topliss-reactive ketones (excluding diaryl/α,β-unsaturated/α-hetero) is 1. The minimum Gasteiger partial charge on any atom is -0.494 e. The summed E-state index contributed by atoms with van der Waals surface area (Å²) in [6.45, 7) is 9.29. The Morgan fingerprint density at radius 3 is 2.33 bits per heavy atom. The maximum absolute atomic E-state index is 12.9. The van der Waals surface area contributed by atoms with Gasteiger partial charge < -0.3 is 4.74 Å². The Bertz CT molecular complexity index is 891. The van der Waals surface area contributed by atoms with Crippen molar-refractivity contribution in [2.45, 2.75) is 47.0 Å². The molecule has 2 aromatic rings. The number of carbonyl (C=O) groups excluding carboxylic acids is 1. The van der Waals surface area contributed by atoms with Gasteiger partial charge in [-0.05, 0) is 90.3 Å². The van der Waals surface area contributed by atoms with Crippen molar-refractivity contribution in [2.75, 3.05) is 6.61 Å². The first-order valence-electron chi connectivity index (χ1n) is 11.1. The topological polar surface area (TPSA) is 38.7 Å². The van der Waals surface area contributed by atoms with Crippen LogP contribution >= 0.6 is 0 Å². The number of rotatable bonds is 7. The maximum atomic E-state index is 12.9. The molecule has 1 fully saturated rings. The molecule has 3 heteroatoms. The summed E-state index contributed by atoms with van der Waals surface area (Å²) in [5, 5.41) is 0. The molecule has 0 amide bonds. The van der Waals surface area contributed by atoms with Gasteiger partial charge in [0, 0.05) is 12.1 Å². The van der Waals surface area contributed by atoms with Crippen molar-refractivity contribution < 1.29 is 9.53 Å². The molecular formula is C27H33NO2. The van der Waals surface area contributed by atoms with E-state index in [1.807, 2.05) is 54.7 Å². The van der Waals surface area contributed by atoms with Gasteiger partial charge in [0.25, 0.3) is 0 Å². The number of aliphatic imine (C=N–C) groups is 1. The highest BCUT2D eigenvalue weighted by molar-refractivity contribution is 6.02. The van der Waals surface area contributed by atoms with Crippen molar-refractivity contribution in [3.05, 3.63) is 65.2 Å². The van der Waals surface area contributed by atoms with E-state index in [0.717, 1.165) is 54.0 Å². The Hall–Kier alpha value is -2.68. The lowest BCUT2D eigenvalue weighted by molar-refractivity contribution is -0.122. The quantitative estimate of drug-likeness (QED) is 0.373. The number of ether oxygens (including phenoxy) is 1. The summed E-state index contributed by atoms with van der Waals surface area (Å²) >= 11 is 0. The number of carbonyl (C=O) groups is 1. The number of benzene rings is 2. The molecule has 0 saturated heterocycles. The SMILES string of the molecule is CCCOc1ccc(C=Nc2ccc(/C=C3/C(=O)C(C(C)C)CCC3C)cc2)cc1. The van der Waals surface area contributed by atoms with E-state index >= 15 is 0 Å². The van der Waals surface area contributed by atoms with Gasteiger partial charge in [-0.1, -0.05) is 39.8 Å². The van der Waals surface area contributed by atoms with E-state index in [2.05, 4.69) is 38.8 Å². The molecule has 0 heterocycles. The second-order valence-corrected chi connectivity index (χ2v) is 8.56. The third-order valence-electron chi connectivity index (χ3n) is 5.80. The molecule has 3 nitrogen and oxygen atoms in total. The number of nitrogens with zero attached hydrogens (tertiary/aromatic N) is 1. The molecule has 1 saturated carbocycles. The van der Waals surface area contributed by atoms with Gasteiger partial charge in [-0.15, -0.1) is 0 Å². The van der Waals surface area contributed by atoms with E-state index in [4.69, 9.17) is 4.74 Å². The molecule has 158 valence electrons. The van der Waals surface area contributed by atoms with Crippen LogP contribution in [0.2, 0.25) is 0 Å². The molecule has 2 aromatic carbocycles. The zero-order chi connectivity index (χ0) is 21.5. The lowest BCUT2D eigenvalue weighted by Crippen LogP contribution is -2.30. The van der Waals surface area contributed by atoms with Crippen molar-refractivity contribution in [3.8, 4) is 5.75 Å². The van der Waals surface area contributed by atoms with E-state index in [9.17, 15) is 4.79 Å². The van der Waals surface area contributed by atoms with Crippen LogP contribution in [0.5, 0.6) is 5.75 Å². The number of hydrogen-bond acceptors (Lipinski definition) is 3. The predicted molar refractivity (Wildman–Crippen MR) is 126 cm³/mol. The normalized spacial score (nSPS) is 21.0. The molecule has 2 unspecified atom stereocenters. The smallest absolute Gasteiger partial charge is 0.162 e. The summed E-state index contributed by atoms with van der Waals surface area (Å²) < 4.78 is 5.61. The van der Waals surface area contributed by atoms with E-state index < -0.39 is 0 Å². The van der Waals surface area contributed by atoms with E-state index in [1.165, 1.54) is 0 Å². The summed E-state index contributed by atoms with van der Waals surface area (Å²) in [6.07, 6.45) is 7.03. The summed E-state index contributed by atoms with van der Waals surface area (Å²) in [7, 11) is 0. The van der Waals surface area contributed by atoms with Crippen LogP contribution in [0.25, 0.3) is 6.08 Å². The Balaban J connectivity index is 1.68. The maximum Gasteiger partial charge on any atom is 0.162 e. The molecule has 0 radical (unpaired) electrons. The summed E-state index contributed by atoms with van der Waals surface area (Å²) in [6, 6.07) is 16.0. The van der Waals surface area contributed by atoms with Crippen molar-refractivity contribution in [1.82, 2.24) is 0 Å². The molecule has 2 atom stereocenters. The third kappa shape index (κ3) is 5.69.